The fourth-order valence-corrected chi connectivity index (χ4v) is 1.49. The molecule has 0 aromatic carbocycles. The van der Waals surface area contributed by atoms with Crippen LogP contribution in [0.5, 0.6) is 0 Å². The van der Waals surface area contributed by atoms with Crippen molar-refractivity contribution in [2.75, 3.05) is 20.1 Å². The molecule has 0 saturated carbocycles. The van der Waals surface area contributed by atoms with Crippen LogP contribution in [0.3, 0.4) is 0 Å². The van der Waals surface area contributed by atoms with Crippen LogP contribution in [-0.4, -0.2) is 36.9 Å². The van der Waals surface area contributed by atoms with Gasteiger partial charge in [0.2, 0.25) is 0 Å². The van der Waals surface area contributed by atoms with Crippen LogP contribution in [0.15, 0.2) is 5.10 Å². The first-order chi connectivity index (χ1) is 5.72. The van der Waals surface area contributed by atoms with Crippen LogP contribution in [0.1, 0.15) is 19.8 Å². The van der Waals surface area contributed by atoms with E-state index < -0.39 is 0 Å². The molecule has 1 fully saturated rings. The predicted octanol–water partition coefficient (Wildman–Crippen LogP) is -0.0377. The van der Waals surface area contributed by atoms with Gasteiger partial charge in [0.15, 0.2) is 0 Å². The highest BCUT2D eigenvalue weighted by atomic mass is 15.2. The zero-order valence-corrected chi connectivity index (χ0v) is 7.88. The van der Waals surface area contributed by atoms with Gasteiger partial charge in [-0.15, -0.1) is 0 Å². The van der Waals surface area contributed by atoms with E-state index in [0.29, 0.717) is 6.04 Å². The summed E-state index contributed by atoms with van der Waals surface area (Å²) in [5, 5.41) is 6.88. The Bertz CT molecular complexity index is 158. The second-order valence-corrected chi connectivity index (χ2v) is 3.44. The van der Waals surface area contributed by atoms with Crippen molar-refractivity contribution < 1.29 is 0 Å². The quantitative estimate of drug-likeness (QED) is 0.251. The van der Waals surface area contributed by atoms with Crippen LogP contribution in [0.2, 0.25) is 0 Å². The average Bonchev–Trinajstić information content (AvgIpc) is 2.09. The molecule has 0 aliphatic carbocycles. The summed E-state index contributed by atoms with van der Waals surface area (Å²) in [5.41, 5.74) is 0. The van der Waals surface area contributed by atoms with Gasteiger partial charge in [0.1, 0.15) is 5.84 Å². The van der Waals surface area contributed by atoms with Crippen molar-refractivity contribution in [2.24, 2.45) is 10.9 Å². The minimum absolute atomic E-state index is 0.563. The van der Waals surface area contributed by atoms with E-state index in [-0.39, 0.29) is 0 Å². The maximum atomic E-state index is 5.13. The molecule has 0 amide bonds. The molecule has 0 spiro atoms. The van der Waals surface area contributed by atoms with E-state index >= 15 is 0 Å². The molecule has 1 heterocycles. The maximum absolute atomic E-state index is 5.13. The fraction of sp³-hybridized carbons (Fsp3) is 0.875. The highest BCUT2D eigenvalue weighted by Gasteiger charge is 2.15. The van der Waals surface area contributed by atoms with E-state index in [4.69, 9.17) is 5.84 Å². The van der Waals surface area contributed by atoms with Gasteiger partial charge in [-0.25, -0.2) is 0 Å². The Hall–Kier alpha value is -0.770. The van der Waals surface area contributed by atoms with Gasteiger partial charge in [-0.1, -0.05) is 0 Å². The Balaban J connectivity index is 2.26. The molecule has 1 aliphatic heterocycles. The average molecular weight is 170 g/mol. The lowest BCUT2D eigenvalue weighted by molar-refractivity contribution is 0.247. The molecule has 0 atom stereocenters. The molecule has 3 N–H and O–H groups in total. The minimum atomic E-state index is 0.563. The third-order valence-corrected chi connectivity index (χ3v) is 2.33. The third kappa shape index (κ3) is 2.70. The van der Waals surface area contributed by atoms with Crippen LogP contribution >= 0.6 is 0 Å². The lowest BCUT2D eigenvalue weighted by Crippen LogP contribution is -2.42. The summed E-state index contributed by atoms with van der Waals surface area (Å²) in [6.45, 7) is 4.23. The number of hydrogen-bond acceptors (Lipinski definition) is 3. The molecule has 1 rings (SSSR count). The zero-order valence-electron chi connectivity index (χ0n) is 7.88. The van der Waals surface area contributed by atoms with Crippen molar-refractivity contribution in [1.29, 1.82) is 0 Å². The number of likely N-dealkylation sites (tertiary alicyclic amines) is 1. The number of piperidine rings is 1. The highest BCUT2D eigenvalue weighted by Crippen LogP contribution is 2.07. The number of nitrogens with one attached hydrogen (secondary N) is 1. The molecule has 0 unspecified atom stereocenters. The molecular formula is C8H18N4. The summed E-state index contributed by atoms with van der Waals surface area (Å²) in [6, 6.07) is 0.563. The van der Waals surface area contributed by atoms with Gasteiger partial charge in [0, 0.05) is 6.04 Å². The van der Waals surface area contributed by atoms with Crippen molar-refractivity contribution in [1.82, 2.24) is 10.2 Å². The predicted molar refractivity (Wildman–Crippen MR) is 51.0 cm³/mol. The van der Waals surface area contributed by atoms with Gasteiger partial charge < -0.3 is 16.1 Å². The van der Waals surface area contributed by atoms with Crippen LogP contribution in [-0.2, 0) is 0 Å². The topological polar surface area (TPSA) is 53.6 Å². The molecule has 0 radical (unpaired) electrons. The van der Waals surface area contributed by atoms with Gasteiger partial charge in [-0.3, -0.25) is 0 Å². The summed E-state index contributed by atoms with van der Waals surface area (Å²) in [7, 11) is 2.15. The standard InChI is InChI=1S/C8H18N4/c1-7(11-9)10-8-3-5-12(2)6-4-8/h8H,3-6,9H2,1-2H3,(H,10,11). The van der Waals surface area contributed by atoms with Crippen LogP contribution < -0.4 is 11.2 Å². The normalized spacial score (nSPS) is 22.7. The van der Waals surface area contributed by atoms with E-state index in [2.05, 4.69) is 22.4 Å². The van der Waals surface area contributed by atoms with E-state index in [1.165, 1.54) is 12.8 Å². The Labute approximate surface area is 73.8 Å². The Morgan fingerprint density at radius 2 is 2.08 bits per heavy atom. The number of amidine groups is 1. The maximum Gasteiger partial charge on any atom is 0.119 e. The molecule has 1 aliphatic rings. The van der Waals surface area contributed by atoms with Crippen molar-refractivity contribution >= 4 is 5.84 Å². The Morgan fingerprint density at radius 3 is 2.58 bits per heavy atom. The fourth-order valence-electron chi connectivity index (χ4n) is 1.49. The molecule has 70 valence electrons. The van der Waals surface area contributed by atoms with Gasteiger partial charge in [0.05, 0.1) is 0 Å². The number of hydrazone groups is 1. The molecule has 1 saturated heterocycles. The van der Waals surface area contributed by atoms with Crippen molar-refractivity contribution in [3.05, 3.63) is 0 Å². The first kappa shape index (κ1) is 9.32. The van der Waals surface area contributed by atoms with Crippen LogP contribution in [0.4, 0.5) is 0 Å². The summed E-state index contributed by atoms with van der Waals surface area (Å²) >= 11 is 0. The van der Waals surface area contributed by atoms with E-state index in [9.17, 15) is 0 Å². The molecule has 12 heavy (non-hydrogen) atoms. The number of hydrogen-bond donors (Lipinski definition) is 2. The Morgan fingerprint density at radius 1 is 1.50 bits per heavy atom. The smallest absolute Gasteiger partial charge is 0.119 e. The molecule has 4 nitrogen and oxygen atoms in total. The molecule has 0 aromatic rings. The molecule has 0 bridgehead atoms. The monoisotopic (exact) mass is 170 g/mol. The summed E-state index contributed by atoms with van der Waals surface area (Å²) in [4.78, 5) is 2.34. The van der Waals surface area contributed by atoms with E-state index in [1.807, 2.05) is 6.92 Å². The van der Waals surface area contributed by atoms with Gasteiger partial charge >= 0.3 is 0 Å². The number of nitrogens with two attached hydrogens (primary N) is 1. The molecule has 4 heteroatoms. The third-order valence-electron chi connectivity index (χ3n) is 2.33. The summed E-state index contributed by atoms with van der Waals surface area (Å²) < 4.78 is 0. The lowest BCUT2D eigenvalue weighted by Gasteiger charge is -2.29. The van der Waals surface area contributed by atoms with Crippen molar-refractivity contribution in [2.45, 2.75) is 25.8 Å². The zero-order chi connectivity index (χ0) is 8.97. The van der Waals surface area contributed by atoms with Crippen LogP contribution in [0, 0.1) is 0 Å². The minimum Gasteiger partial charge on any atom is -0.370 e. The number of rotatable bonds is 1. The first-order valence-corrected chi connectivity index (χ1v) is 4.42. The van der Waals surface area contributed by atoms with E-state index in [1.54, 1.807) is 0 Å². The highest BCUT2D eigenvalue weighted by molar-refractivity contribution is 5.79. The van der Waals surface area contributed by atoms with Crippen LogP contribution in [0.25, 0.3) is 0 Å². The second-order valence-electron chi connectivity index (χ2n) is 3.44. The Kier molecular flexibility index (Phi) is 3.34. The first-order valence-electron chi connectivity index (χ1n) is 4.42. The SMILES string of the molecule is C/C(=N/N)NC1CCN(C)CC1. The summed E-state index contributed by atoms with van der Waals surface area (Å²) in [6.07, 6.45) is 2.37. The second kappa shape index (κ2) is 4.30. The van der Waals surface area contributed by atoms with Gasteiger partial charge in [-0.2, -0.15) is 5.10 Å². The molecule has 0 aromatic heterocycles. The number of nitrogens with zero attached hydrogens (tertiary/aromatic N) is 2. The van der Waals surface area contributed by atoms with Crippen molar-refractivity contribution in [3.63, 3.8) is 0 Å². The molecular weight excluding hydrogens is 152 g/mol. The van der Waals surface area contributed by atoms with Gasteiger partial charge in [-0.05, 0) is 39.9 Å². The van der Waals surface area contributed by atoms with Gasteiger partial charge in [0.25, 0.3) is 0 Å². The lowest BCUT2D eigenvalue weighted by atomic mass is 10.1. The largest absolute Gasteiger partial charge is 0.370 e. The van der Waals surface area contributed by atoms with Crippen molar-refractivity contribution in [3.8, 4) is 0 Å². The van der Waals surface area contributed by atoms with E-state index in [0.717, 1.165) is 18.9 Å². The summed E-state index contributed by atoms with van der Waals surface area (Å²) in [5.74, 6) is 5.97.